The van der Waals surface area contributed by atoms with Crippen LogP contribution in [0.15, 0.2) is 22.8 Å². The van der Waals surface area contributed by atoms with Crippen LogP contribution in [0.4, 0.5) is 0 Å². The van der Waals surface area contributed by atoms with Gasteiger partial charge in [0.1, 0.15) is 5.76 Å². The van der Waals surface area contributed by atoms with Gasteiger partial charge in [-0.2, -0.15) is 0 Å². The van der Waals surface area contributed by atoms with Crippen molar-refractivity contribution in [3.05, 3.63) is 24.2 Å². The van der Waals surface area contributed by atoms with Crippen molar-refractivity contribution in [2.45, 2.75) is 58.5 Å². The topological polar surface area (TPSA) is 43.4 Å². The Bertz CT molecular complexity index is 496. The van der Waals surface area contributed by atoms with Crippen molar-refractivity contribution in [3.8, 4) is 0 Å². The van der Waals surface area contributed by atoms with E-state index < -0.39 is 0 Å². The molecule has 1 saturated heterocycles. The first kappa shape index (κ1) is 20.5. The molecule has 25 heavy (non-hydrogen) atoms. The Labute approximate surface area is 154 Å². The third-order valence-electron chi connectivity index (χ3n) is 5.63. The molecule has 4 heteroatoms. The van der Waals surface area contributed by atoms with E-state index in [0.717, 1.165) is 25.3 Å². The highest BCUT2D eigenvalue weighted by Crippen LogP contribution is 2.37. The molecule has 1 fully saturated rings. The Hall–Kier alpha value is -0.840. The number of ether oxygens (including phenoxy) is 1. The molecular formula is C21H40N2O2+2. The molecule has 144 valence electrons. The minimum Gasteiger partial charge on any atom is -0.469 e. The summed E-state index contributed by atoms with van der Waals surface area (Å²) < 4.78 is 11.7. The third kappa shape index (κ3) is 6.12. The van der Waals surface area contributed by atoms with Crippen LogP contribution in [0.3, 0.4) is 0 Å². The fraction of sp³-hybridized carbons (Fsp3) is 0.810. The molecule has 0 aliphatic carbocycles. The second kappa shape index (κ2) is 8.70. The third-order valence-corrected chi connectivity index (χ3v) is 5.63. The van der Waals surface area contributed by atoms with Crippen molar-refractivity contribution < 1.29 is 19.4 Å². The quantitative estimate of drug-likeness (QED) is 0.664. The van der Waals surface area contributed by atoms with Crippen molar-refractivity contribution in [1.82, 2.24) is 0 Å². The highest BCUT2D eigenvalue weighted by atomic mass is 16.5. The van der Waals surface area contributed by atoms with E-state index >= 15 is 0 Å². The Kier molecular flexibility index (Phi) is 7.12. The van der Waals surface area contributed by atoms with Crippen molar-refractivity contribution in [2.24, 2.45) is 11.3 Å². The summed E-state index contributed by atoms with van der Waals surface area (Å²) in [5.41, 5.74) is 0.398. The van der Waals surface area contributed by atoms with Crippen LogP contribution in [0.25, 0.3) is 0 Å². The van der Waals surface area contributed by atoms with E-state index in [1.165, 1.54) is 25.9 Å². The fourth-order valence-corrected chi connectivity index (χ4v) is 4.75. The lowest BCUT2D eigenvalue weighted by Gasteiger charge is -2.43. The number of hydrogen-bond acceptors (Lipinski definition) is 2. The lowest BCUT2D eigenvalue weighted by atomic mass is 9.73. The summed E-state index contributed by atoms with van der Waals surface area (Å²) in [6, 6.07) is 4.13. The SMILES string of the molecule is CC(C)[C@@H](CC[NH2+]C[C@]1(C[NH+](C)C)CCOC(C)(C)C1)c1ccco1. The summed E-state index contributed by atoms with van der Waals surface area (Å²) in [6.07, 6.45) is 5.32. The van der Waals surface area contributed by atoms with Crippen molar-refractivity contribution in [2.75, 3.05) is 40.3 Å². The first-order valence-electron chi connectivity index (χ1n) is 10.0. The highest BCUT2D eigenvalue weighted by Gasteiger charge is 2.44. The molecule has 2 atom stereocenters. The van der Waals surface area contributed by atoms with Crippen LogP contribution >= 0.6 is 0 Å². The van der Waals surface area contributed by atoms with Gasteiger partial charge in [0.2, 0.25) is 0 Å². The standard InChI is InChI=1S/C21H38N2O2/c1-17(2)18(19-8-7-12-24-19)9-11-22-15-21(16-23(5)6)10-13-25-20(3,4)14-21/h7-8,12,17-18,22H,9-11,13-16H2,1-6H3/p+2/t18-,21+/m1/s1. The van der Waals surface area contributed by atoms with E-state index in [-0.39, 0.29) is 5.60 Å². The van der Waals surface area contributed by atoms with Gasteiger partial charge in [0, 0.05) is 18.9 Å². The van der Waals surface area contributed by atoms with Crippen molar-refractivity contribution >= 4 is 0 Å². The molecule has 2 heterocycles. The van der Waals surface area contributed by atoms with Gasteiger partial charge < -0.3 is 19.4 Å². The van der Waals surface area contributed by atoms with Crippen LogP contribution in [0.5, 0.6) is 0 Å². The molecular weight excluding hydrogens is 312 g/mol. The Morgan fingerprint density at radius 1 is 1.28 bits per heavy atom. The molecule has 1 aliphatic heterocycles. The monoisotopic (exact) mass is 352 g/mol. The zero-order valence-electron chi connectivity index (χ0n) is 17.2. The maximum Gasteiger partial charge on any atom is 0.107 e. The van der Waals surface area contributed by atoms with Crippen molar-refractivity contribution in [3.63, 3.8) is 0 Å². The van der Waals surface area contributed by atoms with Gasteiger partial charge in [0.25, 0.3) is 0 Å². The van der Waals surface area contributed by atoms with Gasteiger partial charge in [-0.15, -0.1) is 0 Å². The average Bonchev–Trinajstić information content (AvgIpc) is 2.98. The van der Waals surface area contributed by atoms with E-state index in [1.54, 1.807) is 11.2 Å². The predicted octanol–water partition coefficient (Wildman–Crippen LogP) is 1.69. The number of rotatable bonds is 9. The second-order valence-electron chi connectivity index (χ2n) is 9.35. The summed E-state index contributed by atoms with van der Waals surface area (Å²) in [4.78, 5) is 1.54. The second-order valence-corrected chi connectivity index (χ2v) is 9.35. The molecule has 0 spiro atoms. The maximum absolute atomic E-state index is 5.99. The number of nitrogens with two attached hydrogens (primary N) is 1. The van der Waals surface area contributed by atoms with E-state index in [2.05, 4.69) is 53.2 Å². The molecule has 0 saturated carbocycles. The summed E-state index contributed by atoms with van der Waals surface area (Å²) in [7, 11) is 4.55. The zero-order valence-corrected chi connectivity index (χ0v) is 17.2. The normalized spacial score (nSPS) is 24.8. The predicted molar refractivity (Wildman–Crippen MR) is 102 cm³/mol. The smallest absolute Gasteiger partial charge is 0.107 e. The van der Waals surface area contributed by atoms with Gasteiger partial charge in [0.05, 0.1) is 51.0 Å². The van der Waals surface area contributed by atoms with Crippen LogP contribution in [0.2, 0.25) is 0 Å². The van der Waals surface area contributed by atoms with Crippen molar-refractivity contribution in [1.29, 1.82) is 0 Å². The van der Waals surface area contributed by atoms with Gasteiger partial charge >= 0.3 is 0 Å². The Morgan fingerprint density at radius 3 is 2.60 bits per heavy atom. The van der Waals surface area contributed by atoms with Crippen LogP contribution in [-0.2, 0) is 4.74 Å². The van der Waals surface area contributed by atoms with Gasteiger partial charge in [-0.3, -0.25) is 0 Å². The minimum atomic E-state index is 0.0101. The van der Waals surface area contributed by atoms with Gasteiger partial charge in [-0.1, -0.05) is 13.8 Å². The zero-order chi connectivity index (χ0) is 18.5. The van der Waals surface area contributed by atoms with Gasteiger partial charge in [-0.05, 0) is 44.7 Å². The van der Waals surface area contributed by atoms with Gasteiger partial charge in [0.15, 0.2) is 0 Å². The molecule has 3 N–H and O–H groups in total. The van der Waals surface area contributed by atoms with E-state index in [1.807, 2.05) is 6.07 Å². The van der Waals surface area contributed by atoms with E-state index in [0.29, 0.717) is 17.3 Å². The molecule has 0 bridgehead atoms. The van der Waals surface area contributed by atoms with E-state index in [4.69, 9.17) is 9.15 Å². The maximum atomic E-state index is 5.99. The largest absolute Gasteiger partial charge is 0.469 e. The number of nitrogens with one attached hydrogen (secondary N) is 1. The molecule has 0 unspecified atom stereocenters. The van der Waals surface area contributed by atoms with Crippen LogP contribution < -0.4 is 10.2 Å². The molecule has 0 aromatic carbocycles. The average molecular weight is 353 g/mol. The Balaban J connectivity index is 1.90. The number of furan rings is 1. The fourth-order valence-electron chi connectivity index (χ4n) is 4.75. The first-order chi connectivity index (χ1) is 11.7. The molecule has 0 radical (unpaired) electrons. The minimum absolute atomic E-state index is 0.0101. The number of quaternary nitrogens is 2. The summed E-state index contributed by atoms with van der Waals surface area (Å²) in [5.74, 6) is 2.28. The number of hydrogen-bond donors (Lipinski definition) is 2. The molecule has 1 aliphatic rings. The molecule has 2 rings (SSSR count). The molecule has 1 aromatic heterocycles. The highest BCUT2D eigenvalue weighted by molar-refractivity contribution is 5.06. The Morgan fingerprint density at radius 2 is 2.04 bits per heavy atom. The van der Waals surface area contributed by atoms with Crippen LogP contribution in [-0.4, -0.2) is 45.9 Å². The first-order valence-corrected chi connectivity index (χ1v) is 10.0. The molecule has 0 amide bonds. The van der Waals surface area contributed by atoms with Crippen LogP contribution in [0, 0.1) is 11.3 Å². The summed E-state index contributed by atoms with van der Waals surface area (Å²) >= 11 is 0. The lowest BCUT2D eigenvalue weighted by molar-refractivity contribution is -0.870. The molecule has 4 nitrogen and oxygen atoms in total. The van der Waals surface area contributed by atoms with Crippen LogP contribution in [0.1, 0.15) is 58.6 Å². The molecule has 1 aromatic rings. The van der Waals surface area contributed by atoms with E-state index in [9.17, 15) is 0 Å². The summed E-state index contributed by atoms with van der Waals surface area (Å²) in [6.45, 7) is 13.6. The van der Waals surface area contributed by atoms with Gasteiger partial charge in [-0.25, -0.2) is 0 Å². The lowest BCUT2D eigenvalue weighted by Crippen LogP contribution is -3.08. The summed E-state index contributed by atoms with van der Waals surface area (Å²) in [5, 5.41) is 2.54.